The summed E-state index contributed by atoms with van der Waals surface area (Å²) in [6, 6.07) is 20.8. The summed E-state index contributed by atoms with van der Waals surface area (Å²) in [5.74, 6) is 0. The molecule has 102 valence electrons. The third-order valence-electron chi connectivity index (χ3n) is 3.70. The zero-order valence-corrected chi connectivity index (χ0v) is 12.0. The zero-order valence-electron chi connectivity index (χ0n) is 12.0. The first-order valence-electron chi connectivity index (χ1n) is 7.05. The van der Waals surface area contributed by atoms with Crippen LogP contribution in [0.3, 0.4) is 0 Å². The quantitative estimate of drug-likeness (QED) is 0.525. The van der Waals surface area contributed by atoms with E-state index in [0.29, 0.717) is 6.54 Å². The Morgan fingerprint density at radius 3 is 2.15 bits per heavy atom. The molecule has 0 radical (unpaired) electrons. The fourth-order valence-electron chi connectivity index (χ4n) is 2.33. The van der Waals surface area contributed by atoms with Gasteiger partial charge in [-0.1, -0.05) is 73.7 Å². The lowest BCUT2D eigenvalue weighted by Gasteiger charge is -2.25. The number of allylic oxidation sites excluding steroid dienone is 1. The fraction of sp³-hybridized carbons (Fsp3) is 0.211. The monoisotopic (exact) mass is 263 g/mol. The summed E-state index contributed by atoms with van der Waals surface area (Å²) in [6.07, 6.45) is 5.00. The van der Waals surface area contributed by atoms with E-state index in [9.17, 15) is 0 Å². The van der Waals surface area contributed by atoms with E-state index in [0.717, 1.165) is 6.42 Å². The molecule has 0 aliphatic rings. The third kappa shape index (κ3) is 3.24. The summed E-state index contributed by atoms with van der Waals surface area (Å²) in [5.41, 5.74) is 2.30. The molecule has 2 aromatic rings. The summed E-state index contributed by atoms with van der Waals surface area (Å²) in [7, 11) is 0. The van der Waals surface area contributed by atoms with Gasteiger partial charge in [-0.05, 0) is 17.5 Å². The van der Waals surface area contributed by atoms with Crippen molar-refractivity contribution in [3.63, 3.8) is 0 Å². The summed E-state index contributed by atoms with van der Waals surface area (Å²) in [6.45, 7) is 6.90. The fourth-order valence-corrected chi connectivity index (χ4v) is 2.33. The lowest BCUT2D eigenvalue weighted by molar-refractivity contribution is 0.695. The Bertz CT molecular complexity index is 557. The molecule has 2 rings (SSSR count). The number of rotatable bonds is 6. The summed E-state index contributed by atoms with van der Waals surface area (Å²) < 4.78 is 0. The molecule has 0 aliphatic heterocycles. The first-order chi connectivity index (χ1) is 9.80. The first kappa shape index (κ1) is 14.3. The van der Waals surface area contributed by atoms with Crippen LogP contribution in [0.25, 0.3) is 0 Å². The Labute approximate surface area is 121 Å². The van der Waals surface area contributed by atoms with Gasteiger partial charge in [-0.15, -0.1) is 6.58 Å². The van der Waals surface area contributed by atoms with Crippen LogP contribution in [0.5, 0.6) is 0 Å². The summed E-state index contributed by atoms with van der Waals surface area (Å²) in [5, 5.41) is 0. The number of hydrogen-bond donors (Lipinski definition) is 0. The number of aliphatic imine (C=N–C) groups is 1. The molecule has 0 aliphatic carbocycles. The molecule has 20 heavy (non-hydrogen) atoms. The minimum atomic E-state index is -0.171. The summed E-state index contributed by atoms with van der Waals surface area (Å²) in [4.78, 5) is 4.64. The molecule has 0 bridgehead atoms. The number of hydrogen-bond acceptors (Lipinski definition) is 1. The average molecular weight is 263 g/mol. The molecule has 0 saturated carbocycles. The SMILES string of the molecule is C=CC(C=NCc1ccccc1)(CC)c1ccccc1. The molecule has 1 atom stereocenters. The topological polar surface area (TPSA) is 12.4 Å². The number of nitrogens with zero attached hydrogens (tertiary/aromatic N) is 1. The van der Waals surface area contributed by atoms with Crippen LogP contribution in [-0.4, -0.2) is 6.21 Å². The standard InChI is InChI=1S/C19H21N/c1-3-19(4-2,18-13-9-6-10-14-18)16-20-15-17-11-7-5-8-12-17/h3,5-14,16H,1,4,15H2,2H3. The number of benzene rings is 2. The van der Waals surface area contributed by atoms with Crippen molar-refractivity contribution in [1.82, 2.24) is 0 Å². The minimum Gasteiger partial charge on any atom is -0.292 e. The zero-order chi connectivity index (χ0) is 14.3. The van der Waals surface area contributed by atoms with Crippen LogP contribution in [0, 0.1) is 0 Å². The minimum absolute atomic E-state index is 0.171. The Balaban J connectivity index is 2.19. The van der Waals surface area contributed by atoms with Gasteiger partial charge in [-0.3, -0.25) is 4.99 Å². The van der Waals surface area contributed by atoms with E-state index in [1.807, 2.05) is 36.6 Å². The van der Waals surface area contributed by atoms with E-state index in [1.165, 1.54) is 11.1 Å². The van der Waals surface area contributed by atoms with E-state index in [2.05, 4.69) is 54.9 Å². The molecular formula is C19H21N. The van der Waals surface area contributed by atoms with Crippen LogP contribution >= 0.6 is 0 Å². The highest BCUT2D eigenvalue weighted by Crippen LogP contribution is 2.27. The second-order valence-electron chi connectivity index (χ2n) is 4.92. The van der Waals surface area contributed by atoms with Gasteiger partial charge in [0, 0.05) is 11.6 Å². The average Bonchev–Trinajstić information content (AvgIpc) is 2.54. The van der Waals surface area contributed by atoms with Gasteiger partial charge in [0.05, 0.1) is 6.54 Å². The molecule has 0 saturated heterocycles. The first-order valence-corrected chi connectivity index (χ1v) is 7.05. The molecule has 1 unspecified atom stereocenters. The predicted molar refractivity (Wildman–Crippen MR) is 87.2 cm³/mol. The van der Waals surface area contributed by atoms with Gasteiger partial charge < -0.3 is 0 Å². The van der Waals surface area contributed by atoms with E-state index in [1.54, 1.807) is 0 Å². The van der Waals surface area contributed by atoms with Crippen LogP contribution in [-0.2, 0) is 12.0 Å². The van der Waals surface area contributed by atoms with Crippen LogP contribution < -0.4 is 0 Å². The van der Waals surface area contributed by atoms with E-state index in [-0.39, 0.29) is 5.41 Å². The lowest BCUT2D eigenvalue weighted by atomic mass is 9.79. The molecule has 1 nitrogen and oxygen atoms in total. The van der Waals surface area contributed by atoms with Crippen molar-refractivity contribution < 1.29 is 0 Å². The smallest absolute Gasteiger partial charge is 0.0636 e. The van der Waals surface area contributed by atoms with Gasteiger partial charge in [-0.2, -0.15) is 0 Å². The Kier molecular flexibility index (Phi) is 4.89. The second kappa shape index (κ2) is 6.85. The molecule has 0 aromatic heterocycles. The van der Waals surface area contributed by atoms with Crippen molar-refractivity contribution in [1.29, 1.82) is 0 Å². The molecule has 0 N–H and O–H groups in total. The normalized spacial score (nSPS) is 14.1. The maximum Gasteiger partial charge on any atom is 0.0636 e. The van der Waals surface area contributed by atoms with Crippen molar-refractivity contribution in [2.75, 3.05) is 0 Å². The van der Waals surface area contributed by atoms with Crippen molar-refractivity contribution in [2.45, 2.75) is 25.3 Å². The highest BCUT2D eigenvalue weighted by molar-refractivity contribution is 5.76. The third-order valence-corrected chi connectivity index (χ3v) is 3.70. The Morgan fingerprint density at radius 2 is 1.60 bits per heavy atom. The maximum absolute atomic E-state index is 4.64. The highest BCUT2D eigenvalue weighted by Gasteiger charge is 2.23. The van der Waals surface area contributed by atoms with E-state index in [4.69, 9.17) is 0 Å². The highest BCUT2D eigenvalue weighted by atomic mass is 14.7. The van der Waals surface area contributed by atoms with Crippen molar-refractivity contribution in [3.05, 3.63) is 84.4 Å². The van der Waals surface area contributed by atoms with Gasteiger partial charge in [0.1, 0.15) is 0 Å². The largest absolute Gasteiger partial charge is 0.292 e. The predicted octanol–water partition coefficient (Wildman–Crippen LogP) is 4.79. The van der Waals surface area contributed by atoms with Crippen molar-refractivity contribution >= 4 is 6.21 Å². The van der Waals surface area contributed by atoms with E-state index < -0.39 is 0 Å². The van der Waals surface area contributed by atoms with Gasteiger partial charge in [0.2, 0.25) is 0 Å². The molecule has 0 amide bonds. The molecule has 0 fully saturated rings. The van der Waals surface area contributed by atoms with Crippen molar-refractivity contribution in [3.8, 4) is 0 Å². The summed E-state index contributed by atoms with van der Waals surface area (Å²) >= 11 is 0. The molecule has 0 heterocycles. The molecule has 2 aromatic carbocycles. The van der Waals surface area contributed by atoms with Gasteiger partial charge >= 0.3 is 0 Å². The van der Waals surface area contributed by atoms with Gasteiger partial charge in [0.15, 0.2) is 0 Å². The lowest BCUT2D eigenvalue weighted by Crippen LogP contribution is -2.24. The second-order valence-corrected chi connectivity index (χ2v) is 4.92. The van der Waals surface area contributed by atoms with E-state index >= 15 is 0 Å². The van der Waals surface area contributed by atoms with Crippen LogP contribution in [0.15, 0.2) is 78.3 Å². The van der Waals surface area contributed by atoms with Crippen LogP contribution in [0.2, 0.25) is 0 Å². The molecule has 0 spiro atoms. The van der Waals surface area contributed by atoms with Gasteiger partial charge in [0.25, 0.3) is 0 Å². The Hall–Kier alpha value is -2.15. The maximum atomic E-state index is 4.64. The van der Waals surface area contributed by atoms with Gasteiger partial charge in [-0.25, -0.2) is 0 Å². The van der Waals surface area contributed by atoms with Crippen LogP contribution in [0.4, 0.5) is 0 Å². The van der Waals surface area contributed by atoms with Crippen LogP contribution in [0.1, 0.15) is 24.5 Å². The molecule has 1 heteroatoms. The Morgan fingerprint density at radius 1 is 1.00 bits per heavy atom. The van der Waals surface area contributed by atoms with Crippen molar-refractivity contribution in [2.24, 2.45) is 4.99 Å². The molecular weight excluding hydrogens is 242 g/mol.